The van der Waals surface area contributed by atoms with Gasteiger partial charge in [-0.3, -0.25) is 19.4 Å². The van der Waals surface area contributed by atoms with Gasteiger partial charge in [0.25, 0.3) is 5.91 Å². The standard InChI is InChI=1S/C27H31ClF3N5O7/c1-3-43-23(40)10-21(14-4-16(8-17(28)5-14)26(2,42)27(29,30)31)36-22(39)13-32-24(41)15-6-18(9-19(37)7-15)35-25-33-11-20(38)12-34-25/h4-9,20-21,37-38,42H,3,10-13H2,1-2H3,(H,32,41)(H,36,39)(H2,33,34,35)/t21-,26?/m0/s1. The van der Waals surface area contributed by atoms with Gasteiger partial charge in [-0.15, -0.1) is 0 Å². The van der Waals surface area contributed by atoms with Crippen molar-refractivity contribution in [3.63, 3.8) is 0 Å². The molecule has 0 aromatic heterocycles. The molecule has 2 aromatic carbocycles. The van der Waals surface area contributed by atoms with E-state index in [2.05, 4.69) is 26.3 Å². The summed E-state index contributed by atoms with van der Waals surface area (Å²) in [5.41, 5.74) is -3.65. The number of aliphatic hydroxyl groups is 2. The highest BCUT2D eigenvalue weighted by Crippen LogP contribution is 2.40. The van der Waals surface area contributed by atoms with Gasteiger partial charge in [-0.25, -0.2) is 0 Å². The Labute approximate surface area is 249 Å². The van der Waals surface area contributed by atoms with Crippen molar-refractivity contribution >= 4 is 41.0 Å². The lowest BCUT2D eigenvalue weighted by atomic mass is 9.91. The lowest BCUT2D eigenvalue weighted by molar-refractivity contribution is -0.258. The van der Waals surface area contributed by atoms with Crippen LogP contribution < -0.4 is 21.3 Å². The number of nitrogens with one attached hydrogen (secondary N) is 4. The van der Waals surface area contributed by atoms with Crippen LogP contribution in [0.4, 0.5) is 18.9 Å². The van der Waals surface area contributed by atoms with Crippen LogP contribution in [-0.4, -0.2) is 77.6 Å². The van der Waals surface area contributed by atoms with Crippen LogP contribution in [0.3, 0.4) is 0 Å². The monoisotopic (exact) mass is 629 g/mol. The van der Waals surface area contributed by atoms with Crippen molar-refractivity contribution in [3.8, 4) is 5.75 Å². The number of phenols is 1. The number of guanidine groups is 1. The minimum Gasteiger partial charge on any atom is -0.508 e. The molecule has 3 rings (SSSR count). The Morgan fingerprint density at radius 3 is 2.53 bits per heavy atom. The number of esters is 1. The van der Waals surface area contributed by atoms with Gasteiger partial charge >= 0.3 is 12.1 Å². The minimum absolute atomic E-state index is 0.00523. The first-order chi connectivity index (χ1) is 20.1. The molecule has 234 valence electrons. The fourth-order valence-corrected chi connectivity index (χ4v) is 4.22. The zero-order valence-electron chi connectivity index (χ0n) is 23.1. The first-order valence-corrected chi connectivity index (χ1v) is 13.4. The van der Waals surface area contributed by atoms with Crippen LogP contribution in [0.2, 0.25) is 5.02 Å². The first kappa shape index (κ1) is 33.4. The molecule has 16 heteroatoms. The average Bonchev–Trinajstić information content (AvgIpc) is 2.91. The summed E-state index contributed by atoms with van der Waals surface area (Å²) >= 11 is 6.04. The van der Waals surface area contributed by atoms with E-state index in [1.54, 1.807) is 6.92 Å². The van der Waals surface area contributed by atoms with Gasteiger partial charge in [0.05, 0.1) is 38.3 Å². The highest BCUT2D eigenvalue weighted by Gasteiger charge is 2.51. The summed E-state index contributed by atoms with van der Waals surface area (Å²) in [6.45, 7) is 1.89. The van der Waals surface area contributed by atoms with E-state index in [9.17, 15) is 42.9 Å². The fourth-order valence-electron chi connectivity index (χ4n) is 3.97. The van der Waals surface area contributed by atoms with E-state index >= 15 is 0 Å². The fraction of sp³-hybridized carbons (Fsp3) is 0.407. The molecule has 43 heavy (non-hydrogen) atoms. The van der Waals surface area contributed by atoms with E-state index < -0.39 is 60.2 Å². The van der Waals surface area contributed by atoms with Crippen LogP contribution in [0.15, 0.2) is 41.4 Å². The molecule has 1 aliphatic heterocycles. The van der Waals surface area contributed by atoms with Crippen LogP contribution in [0.5, 0.6) is 5.75 Å². The molecule has 0 saturated heterocycles. The van der Waals surface area contributed by atoms with E-state index in [4.69, 9.17) is 16.3 Å². The maximum Gasteiger partial charge on any atom is 0.421 e. The van der Waals surface area contributed by atoms with Crippen molar-refractivity contribution < 1.29 is 47.6 Å². The number of alkyl halides is 3. The number of ether oxygens (including phenoxy) is 1. The third-order valence-electron chi connectivity index (χ3n) is 6.27. The Morgan fingerprint density at radius 2 is 1.91 bits per heavy atom. The van der Waals surface area contributed by atoms with Gasteiger partial charge in [0.1, 0.15) is 5.75 Å². The number of anilines is 1. The third-order valence-corrected chi connectivity index (χ3v) is 6.48. The molecule has 2 unspecified atom stereocenters. The summed E-state index contributed by atoms with van der Waals surface area (Å²) in [5, 5.41) is 40.1. The van der Waals surface area contributed by atoms with E-state index in [1.807, 2.05) is 0 Å². The molecule has 7 N–H and O–H groups in total. The Bertz CT molecular complexity index is 1390. The van der Waals surface area contributed by atoms with Crippen molar-refractivity contribution in [2.45, 2.75) is 44.2 Å². The molecule has 0 spiro atoms. The van der Waals surface area contributed by atoms with Gasteiger partial charge in [0, 0.05) is 28.9 Å². The zero-order chi connectivity index (χ0) is 31.9. The number of halogens is 4. The second-order valence-electron chi connectivity index (χ2n) is 9.77. The SMILES string of the molecule is CCOC(=O)C[C@H](NC(=O)CNC(=O)c1cc(O)cc(NC2=NCC(O)CN2)c1)c1cc(Cl)cc(C(C)(O)C(F)(F)F)c1. The highest BCUT2D eigenvalue weighted by atomic mass is 35.5. The van der Waals surface area contributed by atoms with Crippen molar-refractivity contribution in [1.29, 1.82) is 0 Å². The molecule has 12 nitrogen and oxygen atoms in total. The summed E-state index contributed by atoms with van der Waals surface area (Å²) in [4.78, 5) is 41.9. The third kappa shape index (κ3) is 9.20. The Balaban J connectivity index is 1.75. The number of aromatic hydroxyl groups is 1. The maximum atomic E-state index is 13.5. The molecule has 1 aliphatic rings. The molecular weight excluding hydrogens is 599 g/mol. The second-order valence-corrected chi connectivity index (χ2v) is 10.2. The Kier molecular flexibility index (Phi) is 10.8. The molecule has 0 saturated carbocycles. The van der Waals surface area contributed by atoms with Gasteiger partial charge < -0.3 is 41.3 Å². The van der Waals surface area contributed by atoms with Gasteiger partial charge in [0.2, 0.25) is 5.91 Å². The quantitative estimate of drug-likeness (QED) is 0.194. The maximum absolute atomic E-state index is 13.5. The molecule has 0 bridgehead atoms. The molecule has 2 aromatic rings. The number of β-amino-alcohol motifs (C(OH)–C–C–N with tert-alkyl or cyclic N) is 1. The van der Waals surface area contributed by atoms with Gasteiger partial charge in [-0.05, 0) is 49.2 Å². The van der Waals surface area contributed by atoms with Crippen molar-refractivity contribution in [1.82, 2.24) is 16.0 Å². The number of phenolic OH excluding ortho intramolecular Hbond substituents is 1. The summed E-state index contributed by atoms with van der Waals surface area (Å²) in [7, 11) is 0. The predicted molar refractivity (Wildman–Crippen MR) is 150 cm³/mol. The van der Waals surface area contributed by atoms with Crippen LogP contribution in [0, 0.1) is 0 Å². The molecular formula is C27H31ClF3N5O7. The number of aliphatic hydroxyl groups excluding tert-OH is 1. The van der Waals surface area contributed by atoms with E-state index in [0.717, 1.165) is 18.2 Å². The largest absolute Gasteiger partial charge is 0.508 e. The second kappa shape index (κ2) is 13.9. The summed E-state index contributed by atoms with van der Waals surface area (Å²) < 4.78 is 45.4. The topological polar surface area (TPSA) is 182 Å². The number of carbonyl (C=O) groups excluding carboxylic acids is 3. The Morgan fingerprint density at radius 1 is 1.19 bits per heavy atom. The number of nitrogens with zero attached hydrogens (tertiary/aromatic N) is 1. The summed E-state index contributed by atoms with van der Waals surface area (Å²) in [6, 6.07) is 5.75. The molecule has 3 atom stereocenters. The summed E-state index contributed by atoms with van der Waals surface area (Å²) in [6.07, 6.45) is -6.18. The van der Waals surface area contributed by atoms with E-state index in [0.29, 0.717) is 18.6 Å². The number of benzene rings is 2. The predicted octanol–water partition coefficient (Wildman–Crippen LogP) is 2.09. The number of amides is 2. The molecule has 2 amide bonds. The number of carbonyl (C=O) groups is 3. The molecule has 0 fully saturated rings. The van der Waals surface area contributed by atoms with Crippen LogP contribution in [0.1, 0.15) is 47.8 Å². The number of aliphatic imine (C=N–C) groups is 1. The van der Waals surface area contributed by atoms with Gasteiger partial charge in [-0.2, -0.15) is 13.2 Å². The zero-order valence-corrected chi connectivity index (χ0v) is 23.8. The van der Waals surface area contributed by atoms with Gasteiger partial charge in [-0.1, -0.05) is 17.7 Å². The van der Waals surface area contributed by atoms with Crippen LogP contribution in [0.25, 0.3) is 0 Å². The number of hydrogen-bond donors (Lipinski definition) is 7. The van der Waals surface area contributed by atoms with Crippen LogP contribution >= 0.6 is 11.6 Å². The smallest absolute Gasteiger partial charge is 0.421 e. The van der Waals surface area contributed by atoms with Crippen molar-refractivity contribution in [2.24, 2.45) is 4.99 Å². The minimum atomic E-state index is -5.05. The molecule has 1 heterocycles. The van der Waals surface area contributed by atoms with E-state index in [-0.39, 0.29) is 41.6 Å². The molecule has 0 aliphatic carbocycles. The highest BCUT2D eigenvalue weighted by molar-refractivity contribution is 6.30. The van der Waals surface area contributed by atoms with Crippen molar-refractivity contribution in [3.05, 3.63) is 58.1 Å². The van der Waals surface area contributed by atoms with Gasteiger partial charge in [0.15, 0.2) is 11.6 Å². The lowest BCUT2D eigenvalue weighted by Crippen LogP contribution is -2.42. The normalized spacial score (nSPS) is 17.0. The average molecular weight is 630 g/mol. The lowest BCUT2D eigenvalue weighted by Gasteiger charge is -2.28. The number of rotatable bonds is 10. The first-order valence-electron chi connectivity index (χ1n) is 13.0. The molecule has 0 radical (unpaired) electrons. The Hall–Kier alpha value is -4.08. The van der Waals surface area contributed by atoms with Crippen LogP contribution in [-0.2, 0) is 19.9 Å². The number of hydrogen-bond acceptors (Lipinski definition) is 10. The summed E-state index contributed by atoms with van der Waals surface area (Å²) in [5.74, 6) is -2.29. The van der Waals surface area contributed by atoms with Crippen molar-refractivity contribution in [2.75, 3.05) is 31.6 Å². The van der Waals surface area contributed by atoms with E-state index in [1.165, 1.54) is 18.2 Å².